The Balaban J connectivity index is 1.32. The van der Waals surface area contributed by atoms with Gasteiger partial charge in [0.1, 0.15) is 11.6 Å². The minimum Gasteiger partial charge on any atom is -0.497 e. The lowest BCUT2D eigenvalue weighted by atomic mass is 9.97. The third kappa shape index (κ3) is 6.34. The molecule has 1 unspecified atom stereocenters. The number of hydrogen-bond donors (Lipinski definition) is 1. The van der Waals surface area contributed by atoms with E-state index in [9.17, 15) is 4.79 Å². The van der Waals surface area contributed by atoms with Gasteiger partial charge in [-0.05, 0) is 66.6 Å². The summed E-state index contributed by atoms with van der Waals surface area (Å²) >= 11 is 0. The van der Waals surface area contributed by atoms with Crippen molar-refractivity contribution in [3.05, 3.63) is 95.3 Å². The minimum absolute atomic E-state index is 0.0601. The van der Waals surface area contributed by atoms with Crippen LogP contribution in [0.15, 0.2) is 72.8 Å². The molecule has 0 saturated carbocycles. The molecular formula is C31H37N3O2. The Bertz CT molecular complexity index is 1280. The molecule has 0 spiro atoms. The summed E-state index contributed by atoms with van der Waals surface area (Å²) in [6, 6.07) is 24.7. The topological polar surface area (TPSA) is 56.2 Å². The zero-order valence-corrected chi connectivity index (χ0v) is 21.7. The number of para-hydroxylation sites is 2. The number of nitrogens with zero attached hydrogens (tertiary/aromatic N) is 2. The Morgan fingerprint density at radius 2 is 1.81 bits per heavy atom. The molecule has 1 N–H and O–H groups in total. The number of aromatic nitrogens is 2. The number of imidazole rings is 1. The Hall–Kier alpha value is -3.60. The maximum absolute atomic E-state index is 12.4. The molecule has 0 saturated heterocycles. The van der Waals surface area contributed by atoms with E-state index in [1.807, 2.05) is 12.1 Å². The van der Waals surface area contributed by atoms with Crippen LogP contribution in [0.3, 0.4) is 0 Å². The van der Waals surface area contributed by atoms with Gasteiger partial charge in [-0.1, -0.05) is 62.7 Å². The van der Waals surface area contributed by atoms with Crippen LogP contribution in [0.2, 0.25) is 0 Å². The van der Waals surface area contributed by atoms with E-state index in [1.54, 1.807) is 19.2 Å². The van der Waals surface area contributed by atoms with E-state index in [4.69, 9.17) is 9.72 Å². The van der Waals surface area contributed by atoms with Crippen LogP contribution in [-0.4, -0.2) is 29.1 Å². The minimum atomic E-state index is -0.0601. The highest BCUT2D eigenvalue weighted by atomic mass is 16.5. The maximum atomic E-state index is 12.4. The maximum Gasteiger partial charge on any atom is 0.251 e. The van der Waals surface area contributed by atoms with Crippen LogP contribution in [0.5, 0.6) is 5.75 Å². The number of fused-ring (bicyclic) bond motifs is 1. The molecule has 36 heavy (non-hydrogen) atoms. The van der Waals surface area contributed by atoms with E-state index < -0.39 is 0 Å². The van der Waals surface area contributed by atoms with Crippen molar-refractivity contribution in [2.75, 3.05) is 13.7 Å². The lowest BCUT2D eigenvalue weighted by Gasteiger charge is -2.12. The van der Waals surface area contributed by atoms with E-state index in [0.717, 1.165) is 50.0 Å². The molecule has 5 nitrogen and oxygen atoms in total. The second-order valence-electron chi connectivity index (χ2n) is 9.45. The van der Waals surface area contributed by atoms with Crippen molar-refractivity contribution in [2.45, 2.75) is 58.4 Å². The molecule has 5 heteroatoms. The molecule has 0 aliphatic heterocycles. The van der Waals surface area contributed by atoms with Crippen LogP contribution >= 0.6 is 0 Å². The van der Waals surface area contributed by atoms with Gasteiger partial charge in [-0.3, -0.25) is 4.79 Å². The predicted octanol–water partition coefficient (Wildman–Crippen LogP) is 6.75. The van der Waals surface area contributed by atoms with Crippen LogP contribution in [0.4, 0.5) is 0 Å². The van der Waals surface area contributed by atoms with Gasteiger partial charge in [-0.15, -0.1) is 0 Å². The molecule has 0 aliphatic rings. The highest BCUT2D eigenvalue weighted by molar-refractivity contribution is 5.94. The highest BCUT2D eigenvalue weighted by Gasteiger charge is 2.12. The SMILES string of the molecule is CCC(C)c1ccc(Cn2c(CCCCCNC(=O)c3cccc(OC)c3)nc3ccccc32)cc1. The lowest BCUT2D eigenvalue weighted by Crippen LogP contribution is -2.24. The summed E-state index contributed by atoms with van der Waals surface area (Å²) in [6.07, 6.45) is 5.08. The molecule has 3 aromatic carbocycles. The van der Waals surface area contributed by atoms with Crippen molar-refractivity contribution in [2.24, 2.45) is 0 Å². The third-order valence-corrected chi connectivity index (χ3v) is 6.93. The van der Waals surface area contributed by atoms with Crippen molar-refractivity contribution in [3.8, 4) is 5.75 Å². The number of carbonyl (C=O) groups is 1. The Kier molecular flexibility index (Phi) is 8.77. The molecule has 1 heterocycles. The van der Waals surface area contributed by atoms with Crippen molar-refractivity contribution in [3.63, 3.8) is 0 Å². The largest absolute Gasteiger partial charge is 0.497 e. The lowest BCUT2D eigenvalue weighted by molar-refractivity contribution is 0.0952. The number of ether oxygens (including phenoxy) is 1. The van der Waals surface area contributed by atoms with E-state index in [1.165, 1.54) is 16.6 Å². The number of aryl methyl sites for hydroxylation is 1. The molecule has 1 aromatic heterocycles. The summed E-state index contributed by atoms with van der Waals surface area (Å²) in [7, 11) is 1.61. The zero-order valence-electron chi connectivity index (χ0n) is 21.7. The van der Waals surface area contributed by atoms with E-state index in [2.05, 4.69) is 72.3 Å². The van der Waals surface area contributed by atoms with Gasteiger partial charge in [-0.2, -0.15) is 0 Å². The van der Waals surface area contributed by atoms with E-state index in [0.29, 0.717) is 23.8 Å². The first-order valence-corrected chi connectivity index (χ1v) is 13.0. The van der Waals surface area contributed by atoms with Crippen molar-refractivity contribution in [1.29, 1.82) is 0 Å². The zero-order chi connectivity index (χ0) is 25.3. The number of carbonyl (C=O) groups excluding carboxylic acids is 1. The van der Waals surface area contributed by atoms with Gasteiger partial charge in [0.25, 0.3) is 5.91 Å². The van der Waals surface area contributed by atoms with Crippen LogP contribution in [0.1, 0.15) is 72.8 Å². The Labute approximate surface area is 214 Å². The Morgan fingerprint density at radius 3 is 2.58 bits per heavy atom. The second kappa shape index (κ2) is 12.4. The number of hydrogen-bond acceptors (Lipinski definition) is 3. The molecule has 1 atom stereocenters. The van der Waals surface area contributed by atoms with E-state index in [-0.39, 0.29) is 5.91 Å². The number of rotatable bonds is 12. The fraction of sp³-hybridized carbons (Fsp3) is 0.355. The molecule has 1 amide bonds. The summed E-state index contributed by atoms with van der Waals surface area (Å²) in [5.74, 6) is 2.35. The van der Waals surface area contributed by atoms with E-state index >= 15 is 0 Å². The van der Waals surface area contributed by atoms with Crippen LogP contribution in [0, 0.1) is 0 Å². The summed E-state index contributed by atoms with van der Waals surface area (Å²) in [6.45, 7) is 6.00. The average molecular weight is 484 g/mol. The van der Waals surface area contributed by atoms with Gasteiger partial charge in [-0.25, -0.2) is 4.98 Å². The number of unbranched alkanes of at least 4 members (excludes halogenated alkanes) is 2. The normalized spacial score (nSPS) is 12.0. The monoisotopic (exact) mass is 483 g/mol. The number of methoxy groups -OCH3 is 1. The average Bonchev–Trinajstić information content (AvgIpc) is 3.27. The van der Waals surface area contributed by atoms with Crippen molar-refractivity contribution >= 4 is 16.9 Å². The Morgan fingerprint density at radius 1 is 1.00 bits per heavy atom. The molecule has 0 fully saturated rings. The van der Waals surface area contributed by atoms with Gasteiger partial charge in [0, 0.05) is 25.1 Å². The van der Waals surface area contributed by atoms with Crippen LogP contribution in [0.25, 0.3) is 11.0 Å². The second-order valence-corrected chi connectivity index (χ2v) is 9.45. The van der Waals surface area contributed by atoms with Gasteiger partial charge in [0.05, 0.1) is 18.1 Å². The molecule has 0 radical (unpaired) electrons. The standard InChI is InChI=1S/C31H37N3O2/c1-4-23(2)25-18-16-24(17-19-25)22-34-29-14-8-7-13-28(29)33-30(34)15-6-5-9-20-32-31(35)26-11-10-12-27(21-26)36-3/h7-8,10-14,16-19,21,23H,4-6,9,15,20,22H2,1-3H3,(H,32,35). The number of benzene rings is 3. The predicted molar refractivity (Wildman–Crippen MR) is 147 cm³/mol. The summed E-state index contributed by atoms with van der Waals surface area (Å²) < 4.78 is 7.56. The highest BCUT2D eigenvalue weighted by Crippen LogP contribution is 2.22. The first-order valence-electron chi connectivity index (χ1n) is 13.0. The summed E-state index contributed by atoms with van der Waals surface area (Å²) in [5.41, 5.74) is 5.56. The fourth-order valence-electron chi connectivity index (χ4n) is 4.52. The molecule has 4 aromatic rings. The molecule has 0 bridgehead atoms. The molecule has 0 aliphatic carbocycles. The van der Waals surface area contributed by atoms with Gasteiger partial charge < -0.3 is 14.6 Å². The van der Waals surface area contributed by atoms with Gasteiger partial charge >= 0.3 is 0 Å². The summed E-state index contributed by atoms with van der Waals surface area (Å²) in [4.78, 5) is 17.3. The fourth-order valence-corrected chi connectivity index (χ4v) is 4.52. The van der Waals surface area contributed by atoms with Crippen LogP contribution in [-0.2, 0) is 13.0 Å². The molecular weight excluding hydrogens is 446 g/mol. The molecule has 188 valence electrons. The van der Waals surface area contributed by atoms with Crippen molar-refractivity contribution in [1.82, 2.24) is 14.9 Å². The number of nitrogens with one attached hydrogen (secondary N) is 1. The number of amides is 1. The quantitative estimate of drug-likeness (QED) is 0.227. The third-order valence-electron chi connectivity index (χ3n) is 6.93. The molecule has 4 rings (SSSR count). The smallest absolute Gasteiger partial charge is 0.251 e. The first-order chi connectivity index (χ1) is 17.6. The van der Waals surface area contributed by atoms with Crippen molar-refractivity contribution < 1.29 is 9.53 Å². The van der Waals surface area contributed by atoms with Gasteiger partial charge in [0.15, 0.2) is 0 Å². The first kappa shape index (κ1) is 25.5. The van der Waals surface area contributed by atoms with Gasteiger partial charge in [0.2, 0.25) is 0 Å². The van der Waals surface area contributed by atoms with Crippen LogP contribution < -0.4 is 10.1 Å². The summed E-state index contributed by atoms with van der Waals surface area (Å²) in [5, 5.41) is 3.02.